The number of benzene rings is 2. The van der Waals surface area contributed by atoms with Crippen LogP contribution in [0.25, 0.3) is 0 Å². The number of carbonyl (C=O) groups is 4. The third-order valence-electron chi connectivity index (χ3n) is 9.54. The zero-order valence-electron chi connectivity index (χ0n) is 24.3. The fourth-order valence-electron chi connectivity index (χ4n) is 7.51. The molecular weight excluding hydrogens is 632 g/mol. The average molecular weight is 656 g/mol. The van der Waals surface area contributed by atoms with Gasteiger partial charge in [0.05, 0.1) is 34.9 Å². The number of rotatable bonds is 2. The summed E-state index contributed by atoms with van der Waals surface area (Å²) < 4.78 is 87.8. The molecule has 5 aliphatic rings. The molecule has 2 heterocycles. The predicted molar refractivity (Wildman–Crippen MR) is 152 cm³/mol. The molecule has 2 aromatic rings. The number of hydrogen-bond donors (Lipinski definition) is 1. The van der Waals surface area contributed by atoms with Gasteiger partial charge in [-0.2, -0.15) is 26.3 Å². The lowest BCUT2D eigenvalue weighted by atomic mass is 9.58. The number of allylic oxidation sites excluding steroid dienone is 7. The molecule has 13 heteroatoms. The molecule has 242 valence electrons. The van der Waals surface area contributed by atoms with Crippen molar-refractivity contribution in [1.82, 2.24) is 0 Å². The first-order chi connectivity index (χ1) is 22.0. The van der Waals surface area contributed by atoms with Crippen LogP contribution < -0.4 is 9.64 Å². The molecule has 7 rings (SSSR count). The largest absolute Gasteiger partial charge is 0.508 e. The summed E-state index contributed by atoms with van der Waals surface area (Å²) in [6.07, 6.45) is -6.10. The van der Waals surface area contributed by atoms with E-state index in [4.69, 9.17) is 4.74 Å². The quantitative estimate of drug-likeness (QED) is 0.174. The molecular formula is C34H23F6NO6. The lowest BCUT2D eigenvalue weighted by Gasteiger charge is -2.43. The number of hydrogen-bond acceptors (Lipinski definition) is 6. The van der Waals surface area contributed by atoms with Crippen LogP contribution in [0, 0.1) is 23.7 Å². The second-order valence-electron chi connectivity index (χ2n) is 12.3. The first-order valence-electron chi connectivity index (χ1n) is 14.6. The topological polar surface area (TPSA) is 101 Å². The van der Waals surface area contributed by atoms with Gasteiger partial charge in [-0.25, -0.2) is 4.90 Å². The highest BCUT2D eigenvalue weighted by atomic mass is 19.4. The van der Waals surface area contributed by atoms with E-state index >= 15 is 0 Å². The summed E-state index contributed by atoms with van der Waals surface area (Å²) in [5.41, 5.74) is -2.08. The van der Waals surface area contributed by atoms with Crippen LogP contribution >= 0.6 is 0 Å². The van der Waals surface area contributed by atoms with Crippen molar-refractivity contribution in [3.05, 3.63) is 99.4 Å². The Bertz CT molecular complexity index is 1920. The van der Waals surface area contributed by atoms with Gasteiger partial charge in [-0.15, -0.1) is 0 Å². The Balaban J connectivity index is 1.33. The number of phenolic OH excluding ortho intramolecular Hbond substituents is 1. The second-order valence-corrected chi connectivity index (χ2v) is 12.3. The lowest BCUT2D eigenvalue weighted by Crippen LogP contribution is -2.41. The molecule has 2 aromatic carbocycles. The van der Waals surface area contributed by atoms with Gasteiger partial charge in [0.1, 0.15) is 11.5 Å². The normalized spacial score (nSPS) is 25.8. The molecule has 3 aliphatic carbocycles. The number of imide groups is 1. The Morgan fingerprint density at radius 2 is 1.57 bits per heavy atom. The highest BCUT2D eigenvalue weighted by Crippen LogP contribution is 2.55. The van der Waals surface area contributed by atoms with Crippen LogP contribution in [-0.2, 0) is 38.0 Å². The number of nitrogens with zero attached hydrogens (tertiary/aromatic N) is 1. The highest BCUT2D eigenvalue weighted by Gasteiger charge is 2.57. The molecule has 2 amide bonds. The van der Waals surface area contributed by atoms with Crippen molar-refractivity contribution in [1.29, 1.82) is 0 Å². The number of alkyl halides is 6. The molecule has 0 spiro atoms. The minimum Gasteiger partial charge on any atom is -0.508 e. The number of Topliss-reactive ketones (excluding diaryl/α,β-unsaturated/α-hetero) is 1. The number of ketones is 2. The molecule has 4 atom stereocenters. The van der Waals surface area contributed by atoms with E-state index in [0.717, 1.165) is 0 Å². The summed E-state index contributed by atoms with van der Waals surface area (Å²) >= 11 is 0. The van der Waals surface area contributed by atoms with Crippen molar-refractivity contribution < 1.29 is 55.4 Å². The van der Waals surface area contributed by atoms with Crippen molar-refractivity contribution in [2.75, 3.05) is 4.90 Å². The number of phenols is 1. The number of anilines is 1. The number of ether oxygens (including phenoxy) is 1. The third kappa shape index (κ3) is 4.82. The SMILES string of the molecule is CC1=CC(=O)C2=C(C[C@@H]3C(=CC[C@@H]4C(=O)N(c5cc(C(F)(F)F)cc(C(F)(F)F)c5)C(=O)[C@@H]43)[C@@H]2C2=COc3ccc(O)cc3C2)C1=O. The lowest BCUT2D eigenvalue weighted by molar-refractivity contribution is -0.143. The van der Waals surface area contributed by atoms with E-state index in [9.17, 15) is 50.6 Å². The van der Waals surface area contributed by atoms with Gasteiger partial charge in [-0.05, 0) is 73.7 Å². The summed E-state index contributed by atoms with van der Waals surface area (Å²) in [6, 6.07) is 5.09. The number of amides is 2. The van der Waals surface area contributed by atoms with E-state index in [2.05, 4.69) is 0 Å². The first-order valence-corrected chi connectivity index (χ1v) is 14.6. The van der Waals surface area contributed by atoms with Crippen molar-refractivity contribution in [2.45, 2.75) is 38.5 Å². The smallest absolute Gasteiger partial charge is 0.416 e. The summed E-state index contributed by atoms with van der Waals surface area (Å²) in [7, 11) is 0. The maximum atomic E-state index is 14.1. The van der Waals surface area contributed by atoms with Crippen molar-refractivity contribution in [3.8, 4) is 11.5 Å². The van der Waals surface area contributed by atoms with Crippen LogP contribution in [0.5, 0.6) is 11.5 Å². The molecule has 2 aliphatic heterocycles. The van der Waals surface area contributed by atoms with Crippen LogP contribution in [-0.4, -0.2) is 28.5 Å². The van der Waals surface area contributed by atoms with Gasteiger partial charge in [-0.1, -0.05) is 11.6 Å². The zero-order valence-corrected chi connectivity index (χ0v) is 24.3. The highest BCUT2D eigenvalue weighted by molar-refractivity contribution is 6.25. The molecule has 0 aromatic heterocycles. The molecule has 7 nitrogen and oxygen atoms in total. The predicted octanol–water partition coefficient (Wildman–Crippen LogP) is 6.42. The maximum Gasteiger partial charge on any atom is 0.416 e. The second kappa shape index (κ2) is 10.3. The molecule has 0 saturated carbocycles. The fourth-order valence-corrected chi connectivity index (χ4v) is 7.51. The van der Waals surface area contributed by atoms with Gasteiger partial charge < -0.3 is 9.84 Å². The third-order valence-corrected chi connectivity index (χ3v) is 9.54. The summed E-state index contributed by atoms with van der Waals surface area (Å²) in [5, 5.41) is 10.1. The standard InChI is InChI=1S/C34H23F6NO6/c1-14-6-25(43)29-24(30(14)44)12-23-21(27(29)16-7-15-8-20(42)2-5-26(15)47-13-16)3-4-22-28(23)32(46)41(31(22)45)19-10-17(33(35,36)37)9-18(11-19)34(38,39)40/h2-3,5-6,8-11,13,22-23,27-28,42H,4,7,12H2,1H3/t22-,23+,27-,28-/m0/s1. The summed E-state index contributed by atoms with van der Waals surface area (Å²) in [5.74, 6) is -6.48. The van der Waals surface area contributed by atoms with E-state index in [1.165, 1.54) is 31.4 Å². The van der Waals surface area contributed by atoms with Gasteiger partial charge in [0.25, 0.3) is 0 Å². The van der Waals surface area contributed by atoms with E-state index in [0.29, 0.717) is 39.5 Å². The maximum absolute atomic E-state index is 14.1. The summed E-state index contributed by atoms with van der Waals surface area (Å²) in [4.78, 5) is 55.1. The number of fused-ring (bicyclic) bond motifs is 4. The Hall–Kier alpha value is -4.94. The van der Waals surface area contributed by atoms with Crippen molar-refractivity contribution in [3.63, 3.8) is 0 Å². The van der Waals surface area contributed by atoms with Crippen molar-refractivity contribution in [2.24, 2.45) is 23.7 Å². The molecule has 1 saturated heterocycles. The molecule has 1 fully saturated rings. The minimum absolute atomic E-state index is 0.0318. The van der Waals surface area contributed by atoms with Gasteiger partial charge in [0, 0.05) is 34.6 Å². The Morgan fingerprint density at radius 3 is 2.23 bits per heavy atom. The van der Waals surface area contributed by atoms with E-state index < -0.39 is 76.2 Å². The average Bonchev–Trinajstić information content (AvgIpc) is 3.26. The van der Waals surface area contributed by atoms with Crippen LogP contribution in [0.2, 0.25) is 0 Å². The molecule has 0 bridgehead atoms. The van der Waals surface area contributed by atoms with Crippen LogP contribution in [0.15, 0.2) is 82.7 Å². The first kappa shape index (κ1) is 30.7. The molecule has 0 unspecified atom stereocenters. The molecule has 0 radical (unpaired) electrons. The van der Waals surface area contributed by atoms with Gasteiger partial charge >= 0.3 is 12.4 Å². The van der Waals surface area contributed by atoms with Crippen molar-refractivity contribution >= 4 is 29.1 Å². The van der Waals surface area contributed by atoms with E-state index in [1.807, 2.05) is 0 Å². The van der Waals surface area contributed by atoms with Crippen LogP contribution in [0.3, 0.4) is 0 Å². The number of halogens is 6. The Morgan fingerprint density at radius 1 is 0.894 bits per heavy atom. The van der Waals surface area contributed by atoms with E-state index in [-0.39, 0.29) is 47.8 Å². The van der Waals surface area contributed by atoms with Gasteiger partial charge in [0.15, 0.2) is 11.6 Å². The monoisotopic (exact) mass is 655 g/mol. The Kier molecular flexibility index (Phi) is 6.72. The number of carbonyl (C=O) groups excluding carboxylic acids is 4. The fraction of sp³-hybridized carbons (Fsp3) is 0.294. The van der Waals surface area contributed by atoms with Gasteiger partial charge in [0.2, 0.25) is 11.8 Å². The van der Waals surface area contributed by atoms with E-state index in [1.54, 1.807) is 12.1 Å². The zero-order chi connectivity index (χ0) is 33.7. The van der Waals surface area contributed by atoms with Crippen LogP contribution in [0.1, 0.15) is 36.5 Å². The number of aromatic hydroxyl groups is 1. The van der Waals surface area contributed by atoms with Crippen LogP contribution in [0.4, 0.5) is 32.0 Å². The molecule has 1 N–H and O–H groups in total. The Labute approximate surface area is 262 Å². The minimum atomic E-state index is -5.20. The molecule has 47 heavy (non-hydrogen) atoms. The van der Waals surface area contributed by atoms with Gasteiger partial charge in [-0.3, -0.25) is 19.2 Å². The summed E-state index contributed by atoms with van der Waals surface area (Å²) in [6.45, 7) is 1.47.